The lowest BCUT2D eigenvalue weighted by Gasteiger charge is -2.10. The van der Waals surface area contributed by atoms with E-state index < -0.39 is 0 Å². The molecule has 1 heterocycles. The van der Waals surface area contributed by atoms with Gasteiger partial charge in [0.25, 0.3) is 0 Å². The van der Waals surface area contributed by atoms with Gasteiger partial charge < -0.3 is 5.73 Å². The standard InChI is InChI=1S/C10H11N3S2/c1-7(11)8-4-2-3-5-9(8)14-10-12-6-13-15-10/h2-7H,11H2,1H3/t7-/m1/s1. The van der Waals surface area contributed by atoms with Crippen LogP contribution < -0.4 is 5.73 Å². The molecule has 0 radical (unpaired) electrons. The number of nitrogens with two attached hydrogens (primary N) is 1. The van der Waals surface area contributed by atoms with Crippen molar-refractivity contribution in [3.05, 3.63) is 36.2 Å². The molecule has 78 valence electrons. The van der Waals surface area contributed by atoms with E-state index in [4.69, 9.17) is 5.73 Å². The molecule has 0 amide bonds. The molecule has 2 rings (SSSR count). The Labute approximate surface area is 96.9 Å². The monoisotopic (exact) mass is 237 g/mol. The fourth-order valence-corrected chi connectivity index (χ4v) is 2.88. The highest BCUT2D eigenvalue weighted by Gasteiger charge is 2.08. The molecule has 15 heavy (non-hydrogen) atoms. The molecule has 0 spiro atoms. The van der Waals surface area contributed by atoms with Crippen LogP contribution in [0.5, 0.6) is 0 Å². The second kappa shape index (κ2) is 4.74. The zero-order chi connectivity index (χ0) is 10.7. The lowest BCUT2D eigenvalue weighted by molar-refractivity contribution is 0.797. The first kappa shape index (κ1) is 10.6. The summed E-state index contributed by atoms with van der Waals surface area (Å²) in [7, 11) is 0. The van der Waals surface area contributed by atoms with Crippen LogP contribution in [0.4, 0.5) is 0 Å². The molecule has 0 bridgehead atoms. The van der Waals surface area contributed by atoms with Gasteiger partial charge in [-0.2, -0.15) is 4.37 Å². The number of hydrogen-bond donors (Lipinski definition) is 1. The maximum absolute atomic E-state index is 5.90. The van der Waals surface area contributed by atoms with E-state index in [1.54, 1.807) is 18.1 Å². The minimum atomic E-state index is 0.0432. The van der Waals surface area contributed by atoms with E-state index in [0.29, 0.717) is 0 Å². The summed E-state index contributed by atoms with van der Waals surface area (Å²) in [6.07, 6.45) is 1.57. The Morgan fingerprint density at radius 3 is 2.87 bits per heavy atom. The van der Waals surface area contributed by atoms with Gasteiger partial charge in [0.2, 0.25) is 0 Å². The predicted molar refractivity (Wildman–Crippen MR) is 63.1 cm³/mol. The van der Waals surface area contributed by atoms with E-state index >= 15 is 0 Å². The van der Waals surface area contributed by atoms with E-state index in [1.165, 1.54) is 11.5 Å². The Hall–Kier alpha value is -0.910. The molecule has 2 N–H and O–H groups in total. The van der Waals surface area contributed by atoms with Gasteiger partial charge in [0.1, 0.15) is 6.33 Å². The molecule has 2 aromatic rings. The van der Waals surface area contributed by atoms with Crippen molar-refractivity contribution >= 4 is 23.3 Å². The highest BCUT2D eigenvalue weighted by Crippen LogP contribution is 2.32. The predicted octanol–water partition coefficient (Wildman–Crippen LogP) is 2.71. The van der Waals surface area contributed by atoms with Crippen molar-refractivity contribution in [3.63, 3.8) is 0 Å². The molecule has 3 nitrogen and oxygen atoms in total. The summed E-state index contributed by atoms with van der Waals surface area (Å²) in [5.41, 5.74) is 7.05. The third-order valence-electron chi connectivity index (χ3n) is 1.95. The van der Waals surface area contributed by atoms with Gasteiger partial charge in [0.15, 0.2) is 4.34 Å². The van der Waals surface area contributed by atoms with Crippen LogP contribution in [0.2, 0.25) is 0 Å². The van der Waals surface area contributed by atoms with E-state index in [9.17, 15) is 0 Å². The molecule has 0 aliphatic carbocycles. The van der Waals surface area contributed by atoms with E-state index in [1.807, 2.05) is 25.1 Å². The van der Waals surface area contributed by atoms with Gasteiger partial charge in [-0.1, -0.05) is 30.0 Å². The minimum Gasteiger partial charge on any atom is -0.324 e. The Morgan fingerprint density at radius 2 is 2.20 bits per heavy atom. The van der Waals surface area contributed by atoms with Crippen molar-refractivity contribution < 1.29 is 0 Å². The average Bonchev–Trinajstić information content (AvgIpc) is 2.71. The molecule has 1 aromatic carbocycles. The topological polar surface area (TPSA) is 51.8 Å². The van der Waals surface area contributed by atoms with Gasteiger partial charge in [0, 0.05) is 10.9 Å². The summed E-state index contributed by atoms with van der Waals surface area (Å²) in [6.45, 7) is 1.99. The number of hydrogen-bond acceptors (Lipinski definition) is 5. The Balaban J connectivity index is 2.28. The van der Waals surface area contributed by atoms with E-state index in [2.05, 4.69) is 15.4 Å². The summed E-state index contributed by atoms with van der Waals surface area (Å²) in [5.74, 6) is 0. The van der Waals surface area contributed by atoms with Gasteiger partial charge in [-0.15, -0.1) is 0 Å². The molecule has 0 unspecified atom stereocenters. The summed E-state index contributed by atoms with van der Waals surface area (Å²) < 4.78 is 4.92. The van der Waals surface area contributed by atoms with Crippen LogP contribution in [-0.2, 0) is 0 Å². The van der Waals surface area contributed by atoms with E-state index in [0.717, 1.165) is 14.8 Å². The molecule has 5 heteroatoms. The third-order valence-corrected chi connectivity index (χ3v) is 3.75. The summed E-state index contributed by atoms with van der Waals surface area (Å²) in [4.78, 5) is 5.30. The van der Waals surface area contributed by atoms with Gasteiger partial charge in [-0.05, 0) is 30.1 Å². The maximum atomic E-state index is 5.90. The fraction of sp³-hybridized carbons (Fsp3) is 0.200. The van der Waals surface area contributed by atoms with Crippen LogP contribution >= 0.6 is 23.3 Å². The second-order valence-corrected chi connectivity index (χ2v) is 5.20. The molecule has 1 atom stereocenters. The number of aromatic nitrogens is 2. The van der Waals surface area contributed by atoms with Gasteiger partial charge >= 0.3 is 0 Å². The second-order valence-electron chi connectivity index (χ2n) is 3.14. The maximum Gasteiger partial charge on any atom is 0.174 e. The summed E-state index contributed by atoms with van der Waals surface area (Å²) in [5, 5.41) is 0. The highest BCUT2D eigenvalue weighted by atomic mass is 32.2. The molecule has 0 saturated heterocycles. The van der Waals surface area contributed by atoms with Crippen molar-refractivity contribution in [2.45, 2.75) is 22.2 Å². The zero-order valence-electron chi connectivity index (χ0n) is 8.25. The highest BCUT2D eigenvalue weighted by molar-refractivity contribution is 8.01. The number of nitrogens with zero attached hydrogens (tertiary/aromatic N) is 2. The summed E-state index contributed by atoms with van der Waals surface area (Å²) in [6, 6.07) is 8.17. The quantitative estimate of drug-likeness (QED) is 0.891. The van der Waals surface area contributed by atoms with Crippen molar-refractivity contribution in [3.8, 4) is 0 Å². The molecular formula is C10H11N3S2. The van der Waals surface area contributed by atoms with Crippen molar-refractivity contribution in [2.24, 2.45) is 5.73 Å². The fourth-order valence-electron chi connectivity index (χ4n) is 1.25. The third kappa shape index (κ3) is 2.56. The van der Waals surface area contributed by atoms with Crippen LogP contribution in [-0.4, -0.2) is 9.36 Å². The van der Waals surface area contributed by atoms with Crippen LogP contribution in [0.15, 0.2) is 39.8 Å². The molecule has 0 saturated carbocycles. The van der Waals surface area contributed by atoms with Crippen molar-refractivity contribution in [2.75, 3.05) is 0 Å². The molecule has 1 aromatic heterocycles. The lowest BCUT2D eigenvalue weighted by atomic mass is 10.1. The van der Waals surface area contributed by atoms with Gasteiger partial charge in [0.05, 0.1) is 0 Å². The first-order valence-electron chi connectivity index (χ1n) is 4.56. The number of benzene rings is 1. The molecule has 0 aliphatic heterocycles. The Kier molecular flexibility index (Phi) is 3.35. The average molecular weight is 237 g/mol. The summed E-state index contributed by atoms with van der Waals surface area (Å²) >= 11 is 3.01. The van der Waals surface area contributed by atoms with Crippen molar-refractivity contribution in [1.29, 1.82) is 0 Å². The zero-order valence-corrected chi connectivity index (χ0v) is 9.89. The Morgan fingerprint density at radius 1 is 1.40 bits per heavy atom. The van der Waals surface area contributed by atoms with Crippen LogP contribution in [0, 0.1) is 0 Å². The van der Waals surface area contributed by atoms with Gasteiger partial charge in [-0.3, -0.25) is 0 Å². The van der Waals surface area contributed by atoms with Crippen LogP contribution in [0.25, 0.3) is 0 Å². The SMILES string of the molecule is C[C@@H](N)c1ccccc1Sc1ncns1. The smallest absolute Gasteiger partial charge is 0.174 e. The van der Waals surface area contributed by atoms with Crippen LogP contribution in [0.3, 0.4) is 0 Å². The largest absolute Gasteiger partial charge is 0.324 e. The van der Waals surface area contributed by atoms with Crippen LogP contribution in [0.1, 0.15) is 18.5 Å². The molecule has 0 fully saturated rings. The molecular weight excluding hydrogens is 226 g/mol. The normalized spacial score (nSPS) is 12.7. The first-order valence-corrected chi connectivity index (χ1v) is 6.15. The van der Waals surface area contributed by atoms with Gasteiger partial charge in [-0.25, -0.2) is 4.98 Å². The molecule has 0 aliphatic rings. The Bertz CT molecular complexity index is 426. The van der Waals surface area contributed by atoms with Crippen molar-refractivity contribution in [1.82, 2.24) is 9.36 Å². The minimum absolute atomic E-state index is 0.0432. The van der Waals surface area contributed by atoms with E-state index in [-0.39, 0.29) is 6.04 Å². The first-order chi connectivity index (χ1) is 7.27. The number of rotatable bonds is 3. The lowest BCUT2D eigenvalue weighted by Crippen LogP contribution is -2.05.